The number of fused-ring (bicyclic) bond motifs is 1. The lowest BCUT2D eigenvalue weighted by Crippen LogP contribution is -2.48. The molecule has 2 N–H and O–H groups in total. The average Bonchev–Trinajstić information content (AvgIpc) is 3.25. The van der Waals surface area contributed by atoms with Crippen LogP contribution in [0.3, 0.4) is 0 Å². The van der Waals surface area contributed by atoms with Crippen LogP contribution in [0, 0.1) is 11.3 Å². The minimum absolute atomic E-state index is 0.157. The Kier molecular flexibility index (Phi) is 6.28. The fraction of sp³-hybridized carbons (Fsp3) is 0.417. The Morgan fingerprint density at radius 1 is 1.23 bits per heavy atom. The van der Waals surface area contributed by atoms with Gasteiger partial charge in [0, 0.05) is 49.9 Å². The first-order valence-corrected chi connectivity index (χ1v) is 10.7. The molecule has 1 atom stereocenters. The van der Waals surface area contributed by atoms with Gasteiger partial charge in [0.15, 0.2) is 11.5 Å². The first-order valence-electron chi connectivity index (χ1n) is 10.7. The van der Waals surface area contributed by atoms with Crippen molar-refractivity contribution in [2.24, 2.45) is 5.73 Å². The van der Waals surface area contributed by atoms with Crippen LogP contribution in [0.25, 0.3) is 0 Å². The van der Waals surface area contributed by atoms with E-state index in [1.807, 2.05) is 30.3 Å². The van der Waals surface area contributed by atoms with Gasteiger partial charge in [0.05, 0.1) is 11.6 Å². The van der Waals surface area contributed by atoms with Gasteiger partial charge in [-0.05, 0) is 49.6 Å². The zero-order chi connectivity index (χ0) is 21.8. The quantitative estimate of drug-likeness (QED) is 0.740. The van der Waals surface area contributed by atoms with E-state index in [-0.39, 0.29) is 18.7 Å². The average molecular weight is 421 g/mol. The van der Waals surface area contributed by atoms with Crippen LogP contribution in [-0.4, -0.2) is 42.8 Å². The Labute approximate surface area is 182 Å². The topological polar surface area (TPSA) is 91.8 Å². The van der Waals surface area contributed by atoms with Gasteiger partial charge >= 0.3 is 0 Å². The Morgan fingerprint density at radius 2 is 2.00 bits per heavy atom. The highest BCUT2D eigenvalue weighted by molar-refractivity contribution is 5.74. The van der Waals surface area contributed by atoms with Gasteiger partial charge < -0.3 is 20.1 Å². The number of piperidine rings is 1. The maximum Gasteiger partial charge on any atom is 0.231 e. The molecule has 0 spiro atoms. The normalized spacial score (nSPS) is 17.2. The molecule has 7 heteroatoms. The number of nitriles is 1. The molecule has 2 aromatic carbocycles. The standard InChI is InChI=1S/C24H28N4O3/c1-17(11-24(26)29)27-9-7-20(8-10-27)28(15-19-4-2-3-18(12-19)14-25)21-5-6-22-23(13-21)31-16-30-22/h2-6,12-13,17,20H,7-11,15-16H2,1H3,(H2,26,29). The summed E-state index contributed by atoms with van der Waals surface area (Å²) in [6.45, 7) is 4.85. The summed E-state index contributed by atoms with van der Waals surface area (Å²) < 4.78 is 11.1. The number of rotatable bonds is 7. The van der Waals surface area contributed by atoms with Gasteiger partial charge in [-0.2, -0.15) is 5.26 Å². The molecular weight excluding hydrogens is 392 g/mol. The zero-order valence-electron chi connectivity index (χ0n) is 17.8. The molecule has 31 heavy (non-hydrogen) atoms. The second-order valence-electron chi connectivity index (χ2n) is 8.26. The van der Waals surface area contributed by atoms with Crippen molar-refractivity contribution in [3.63, 3.8) is 0 Å². The number of primary amides is 1. The summed E-state index contributed by atoms with van der Waals surface area (Å²) in [5.41, 5.74) is 8.23. The number of nitrogens with two attached hydrogens (primary N) is 1. The largest absolute Gasteiger partial charge is 0.454 e. The third-order valence-electron chi connectivity index (χ3n) is 6.16. The van der Waals surface area contributed by atoms with E-state index in [0.29, 0.717) is 24.6 Å². The summed E-state index contributed by atoms with van der Waals surface area (Å²) >= 11 is 0. The molecule has 2 aromatic rings. The minimum atomic E-state index is -0.256. The first kappa shape index (κ1) is 21.0. The number of anilines is 1. The van der Waals surface area contributed by atoms with E-state index in [1.54, 1.807) is 0 Å². The van der Waals surface area contributed by atoms with Gasteiger partial charge in [-0.25, -0.2) is 0 Å². The third-order valence-corrected chi connectivity index (χ3v) is 6.16. The van der Waals surface area contributed by atoms with Crippen LogP contribution in [-0.2, 0) is 11.3 Å². The summed E-state index contributed by atoms with van der Waals surface area (Å²) in [6.07, 6.45) is 2.35. The molecule has 7 nitrogen and oxygen atoms in total. The minimum Gasteiger partial charge on any atom is -0.454 e. The molecule has 1 saturated heterocycles. The van der Waals surface area contributed by atoms with Crippen LogP contribution >= 0.6 is 0 Å². The van der Waals surface area contributed by atoms with E-state index >= 15 is 0 Å². The van der Waals surface area contributed by atoms with Crippen LogP contribution in [0.15, 0.2) is 42.5 Å². The van der Waals surface area contributed by atoms with E-state index in [9.17, 15) is 10.1 Å². The van der Waals surface area contributed by atoms with E-state index < -0.39 is 0 Å². The lowest BCUT2D eigenvalue weighted by Gasteiger charge is -2.41. The number of amides is 1. The molecule has 0 saturated carbocycles. The number of likely N-dealkylation sites (tertiary alicyclic amines) is 1. The van der Waals surface area contributed by atoms with Gasteiger partial charge in [-0.1, -0.05) is 12.1 Å². The lowest BCUT2D eigenvalue weighted by atomic mass is 9.99. The van der Waals surface area contributed by atoms with Gasteiger partial charge in [0.1, 0.15) is 0 Å². The number of carbonyl (C=O) groups is 1. The van der Waals surface area contributed by atoms with Crippen molar-refractivity contribution in [3.05, 3.63) is 53.6 Å². The fourth-order valence-corrected chi connectivity index (χ4v) is 4.49. The van der Waals surface area contributed by atoms with Gasteiger partial charge in [-0.15, -0.1) is 0 Å². The molecule has 2 aliphatic rings. The summed E-state index contributed by atoms with van der Waals surface area (Å²) in [6, 6.07) is 16.6. The summed E-state index contributed by atoms with van der Waals surface area (Å²) in [7, 11) is 0. The summed E-state index contributed by atoms with van der Waals surface area (Å²) in [4.78, 5) is 16.0. The predicted molar refractivity (Wildman–Crippen MR) is 118 cm³/mol. The Balaban J connectivity index is 1.54. The lowest BCUT2D eigenvalue weighted by molar-refractivity contribution is -0.119. The van der Waals surface area contributed by atoms with Crippen molar-refractivity contribution < 1.29 is 14.3 Å². The molecule has 0 radical (unpaired) electrons. The zero-order valence-corrected chi connectivity index (χ0v) is 17.8. The highest BCUT2D eigenvalue weighted by Crippen LogP contribution is 2.37. The summed E-state index contributed by atoms with van der Waals surface area (Å²) in [5, 5.41) is 9.28. The Morgan fingerprint density at radius 3 is 2.74 bits per heavy atom. The third kappa shape index (κ3) is 4.92. The molecule has 162 valence electrons. The van der Waals surface area contributed by atoms with Crippen LogP contribution in [0.4, 0.5) is 5.69 Å². The Hall–Kier alpha value is -3.24. The molecule has 4 rings (SSSR count). The van der Waals surface area contributed by atoms with Crippen molar-refractivity contribution in [1.29, 1.82) is 5.26 Å². The van der Waals surface area contributed by atoms with Crippen LogP contribution in [0.5, 0.6) is 11.5 Å². The van der Waals surface area contributed by atoms with Crippen molar-refractivity contribution in [2.45, 2.75) is 44.8 Å². The number of hydrogen-bond acceptors (Lipinski definition) is 6. The molecule has 0 aliphatic carbocycles. The number of ether oxygens (including phenoxy) is 2. The SMILES string of the molecule is CC(CC(N)=O)N1CCC(N(Cc2cccc(C#N)c2)c2ccc3c(c2)OCO3)CC1. The summed E-state index contributed by atoms with van der Waals surface area (Å²) in [5.74, 6) is 1.28. The van der Waals surface area contributed by atoms with Crippen molar-refractivity contribution in [3.8, 4) is 17.6 Å². The molecular formula is C24H28N4O3. The molecule has 2 aliphatic heterocycles. The van der Waals surface area contributed by atoms with Crippen LogP contribution < -0.4 is 20.1 Å². The van der Waals surface area contributed by atoms with Crippen molar-refractivity contribution in [1.82, 2.24) is 4.90 Å². The Bertz CT molecular complexity index is 979. The molecule has 1 unspecified atom stereocenters. The van der Waals surface area contributed by atoms with Crippen LogP contribution in [0.2, 0.25) is 0 Å². The first-order chi connectivity index (χ1) is 15.0. The molecule has 1 amide bonds. The number of hydrogen-bond donors (Lipinski definition) is 1. The van der Waals surface area contributed by atoms with Gasteiger partial charge in [-0.3, -0.25) is 9.69 Å². The highest BCUT2D eigenvalue weighted by Gasteiger charge is 2.28. The van der Waals surface area contributed by atoms with Crippen LogP contribution in [0.1, 0.15) is 37.3 Å². The second-order valence-corrected chi connectivity index (χ2v) is 8.26. The van der Waals surface area contributed by atoms with E-state index in [1.165, 1.54) is 0 Å². The maximum atomic E-state index is 11.3. The highest BCUT2D eigenvalue weighted by atomic mass is 16.7. The number of carbonyl (C=O) groups excluding carboxylic acids is 1. The van der Waals surface area contributed by atoms with E-state index in [4.69, 9.17) is 15.2 Å². The van der Waals surface area contributed by atoms with E-state index in [0.717, 1.165) is 48.7 Å². The molecule has 1 fully saturated rings. The molecule has 2 heterocycles. The van der Waals surface area contributed by atoms with Gasteiger partial charge in [0.2, 0.25) is 12.7 Å². The monoisotopic (exact) mass is 420 g/mol. The van der Waals surface area contributed by atoms with Crippen molar-refractivity contribution >= 4 is 11.6 Å². The predicted octanol–water partition coefficient (Wildman–Crippen LogP) is 3.02. The van der Waals surface area contributed by atoms with E-state index in [2.05, 4.69) is 34.9 Å². The van der Waals surface area contributed by atoms with Gasteiger partial charge in [0.25, 0.3) is 0 Å². The molecule has 0 bridgehead atoms. The smallest absolute Gasteiger partial charge is 0.231 e. The number of benzene rings is 2. The maximum absolute atomic E-state index is 11.3. The molecule has 0 aromatic heterocycles. The van der Waals surface area contributed by atoms with Crippen molar-refractivity contribution in [2.75, 3.05) is 24.8 Å². The fourth-order valence-electron chi connectivity index (χ4n) is 4.49. The second kappa shape index (κ2) is 9.27. The number of nitrogens with zero attached hydrogens (tertiary/aromatic N) is 3.